The lowest BCUT2D eigenvalue weighted by atomic mass is 10.1. The molecule has 7 heteroatoms. The number of thioether (sulfide) groups is 1. The van der Waals surface area contributed by atoms with Crippen molar-refractivity contribution in [3.8, 4) is 11.4 Å². The van der Waals surface area contributed by atoms with Gasteiger partial charge in [-0.2, -0.15) is 0 Å². The first-order valence-corrected chi connectivity index (χ1v) is 9.77. The smallest absolute Gasteiger partial charge is 0.258 e. The van der Waals surface area contributed by atoms with Crippen LogP contribution in [0.4, 0.5) is 10.1 Å². The first-order valence-electron chi connectivity index (χ1n) is 8.78. The molecule has 0 radical (unpaired) electrons. The molecule has 0 aliphatic heterocycles. The SMILES string of the molecule is CCCCSc1nnc(-c2cccc(NC(=O)c3ccccc3F)c2)n1C. The van der Waals surface area contributed by atoms with Gasteiger partial charge in [0.2, 0.25) is 0 Å². The van der Waals surface area contributed by atoms with E-state index in [1.165, 1.54) is 12.1 Å². The Morgan fingerprint density at radius 3 is 2.78 bits per heavy atom. The Bertz CT molecular complexity index is 941. The van der Waals surface area contributed by atoms with Crippen LogP contribution in [0.3, 0.4) is 0 Å². The van der Waals surface area contributed by atoms with Gasteiger partial charge in [0.15, 0.2) is 11.0 Å². The lowest BCUT2D eigenvalue weighted by molar-refractivity contribution is 0.102. The molecule has 1 heterocycles. The molecular formula is C20H21FN4OS. The van der Waals surface area contributed by atoms with E-state index in [1.54, 1.807) is 30.0 Å². The molecule has 1 N–H and O–H groups in total. The number of carbonyl (C=O) groups is 1. The van der Waals surface area contributed by atoms with Gasteiger partial charge in [-0.1, -0.05) is 49.4 Å². The van der Waals surface area contributed by atoms with Crippen molar-refractivity contribution in [3.05, 3.63) is 59.9 Å². The van der Waals surface area contributed by atoms with Crippen molar-refractivity contribution >= 4 is 23.4 Å². The number of anilines is 1. The maximum Gasteiger partial charge on any atom is 0.258 e. The molecule has 140 valence electrons. The highest BCUT2D eigenvalue weighted by atomic mass is 32.2. The predicted octanol–water partition coefficient (Wildman–Crippen LogP) is 4.77. The van der Waals surface area contributed by atoms with Crippen LogP contribution in [-0.4, -0.2) is 26.4 Å². The molecule has 0 saturated carbocycles. The van der Waals surface area contributed by atoms with Gasteiger partial charge in [0.05, 0.1) is 5.56 Å². The molecule has 2 aromatic carbocycles. The van der Waals surface area contributed by atoms with Crippen LogP contribution in [0.2, 0.25) is 0 Å². The van der Waals surface area contributed by atoms with Gasteiger partial charge in [0, 0.05) is 24.1 Å². The topological polar surface area (TPSA) is 59.8 Å². The normalized spacial score (nSPS) is 10.8. The summed E-state index contributed by atoms with van der Waals surface area (Å²) in [6.45, 7) is 2.16. The van der Waals surface area contributed by atoms with Crippen molar-refractivity contribution in [1.82, 2.24) is 14.8 Å². The largest absolute Gasteiger partial charge is 0.322 e. The number of halogens is 1. The number of rotatable bonds is 7. The van der Waals surface area contributed by atoms with Gasteiger partial charge in [-0.05, 0) is 30.7 Å². The molecule has 5 nitrogen and oxygen atoms in total. The fourth-order valence-corrected chi connectivity index (χ4v) is 3.57. The second kappa shape index (κ2) is 8.81. The number of unbranched alkanes of at least 4 members (excludes halogenated alkanes) is 1. The van der Waals surface area contributed by atoms with E-state index in [4.69, 9.17) is 0 Å². The Kier molecular flexibility index (Phi) is 6.24. The molecule has 1 amide bonds. The van der Waals surface area contributed by atoms with Crippen LogP contribution in [0.25, 0.3) is 11.4 Å². The number of carbonyl (C=O) groups excluding carboxylic acids is 1. The molecule has 1 aromatic heterocycles. The van der Waals surface area contributed by atoms with E-state index in [9.17, 15) is 9.18 Å². The van der Waals surface area contributed by atoms with Crippen LogP contribution in [-0.2, 0) is 7.05 Å². The fraction of sp³-hybridized carbons (Fsp3) is 0.250. The van der Waals surface area contributed by atoms with Crippen LogP contribution >= 0.6 is 11.8 Å². The molecule has 0 spiro atoms. The van der Waals surface area contributed by atoms with Gasteiger partial charge in [-0.3, -0.25) is 4.79 Å². The van der Waals surface area contributed by atoms with Gasteiger partial charge < -0.3 is 9.88 Å². The summed E-state index contributed by atoms with van der Waals surface area (Å²) in [5.41, 5.74) is 1.42. The standard InChI is InChI=1S/C20H21FN4OS/c1-3-4-12-27-20-24-23-18(25(20)2)14-8-7-9-15(13-14)22-19(26)16-10-5-6-11-17(16)21/h5-11,13H,3-4,12H2,1-2H3,(H,22,26). The van der Waals surface area contributed by atoms with Gasteiger partial charge in [-0.25, -0.2) is 4.39 Å². The average Bonchev–Trinajstić information content (AvgIpc) is 3.03. The minimum Gasteiger partial charge on any atom is -0.322 e. The first kappa shape index (κ1) is 19.1. The van der Waals surface area contributed by atoms with Crippen molar-refractivity contribution in [2.75, 3.05) is 11.1 Å². The Labute approximate surface area is 162 Å². The Hall–Kier alpha value is -2.67. The Balaban J connectivity index is 1.78. The number of hydrogen-bond donors (Lipinski definition) is 1. The summed E-state index contributed by atoms with van der Waals surface area (Å²) in [5.74, 6) is 0.685. The maximum atomic E-state index is 13.8. The predicted molar refractivity (Wildman–Crippen MR) is 106 cm³/mol. The second-order valence-corrected chi connectivity index (χ2v) is 7.14. The first-order chi connectivity index (χ1) is 13.1. The number of nitrogens with zero attached hydrogens (tertiary/aromatic N) is 3. The number of benzene rings is 2. The van der Waals surface area contributed by atoms with Gasteiger partial charge in [0.25, 0.3) is 5.91 Å². The van der Waals surface area contributed by atoms with Crippen molar-refractivity contribution in [2.45, 2.75) is 24.9 Å². The molecule has 0 aliphatic rings. The highest BCUT2D eigenvalue weighted by molar-refractivity contribution is 7.99. The van der Waals surface area contributed by atoms with E-state index in [2.05, 4.69) is 22.4 Å². The molecule has 3 aromatic rings. The maximum absolute atomic E-state index is 13.8. The van der Waals surface area contributed by atoms with Gasteiger partial charge in [0.1, 0.15) is 5.82 Å². The van der Waals surface area contributed by atoms with Crippen LogP contribution in [0.15, 0.2) is 53.7 Å². The van der Waals surface area contributed by atoms with Gasteiger partial charge in [-0.15, -0.1) is 10.2 Å². The van der Waals surface area contributed by atoms with Crippen LogP contribution in [0, 0.1) is 5.82 Å². The van der Waals surface area contributed by atoms with Crippen LogP contribution in [0.5, 0.6) is 0 Å². The molecule has 0 aliphatic carbocycles. The van der Waals surface area contributed by atoms with Crippen molar-refractivity contribution < 1.29 is 9.18 Å². The summed E-state index contributed by atoms with van der Waals surface area (Å²) in [6.07, 6.45) is 2.27. The minimum atomic E-state index is -0.548. The number of aromatic nitrogens is 3. The lowest BCUT2D eigenvalue weighted by Gasteiger charge is -2.08. The van der Waals surface area contributed by atoms with E-state index in [-0.39, 0.29) is 5.56 Å². The summed E-state index contributed by atoms with van der Waals surface area (Å²) in [5, 5.41) is 12.1. The molecule has 0 saturated heterocycles. The Morgan fingerprint density at radius 1 is 1.19 bits per heavy atom. The number of amides is 1. The van der Waals surface area contributed by atoms with Crippen LogP contribution in [0.1, 0.15) is 30.1 Å². The molecule has 0 bridgehead atoms. The zero-order valence-electron chi connectivity index (χ0n) is 15.3. The molecule has 0 unspecified atom stereocenters. The third kappa shape index (κ3) is 4.54. The molecular weight excluding hydrogens is 363 g/mol. The molecule has 0 atom stereocenters. The molecule has 27 heavy (non-hydrogen) atoms. The zero-order chi connectivity index (χ0) is 19.2. The van der Waals surface area contributed by atoms with Crippen molar-refractivity contribution in [2.24, 2.45) is 7.05 Å². The summed E-state index contributed by atoms with van der Waals surface area (Å²) in [6, 6.07) is 13.2. The number of hydrogen-bond acceptors (Lipinski definition) is 4. The monoisotopic (exact) mass is 384 g/mol. The fourth-order valence-electron chi connectivity index (χ4n) is 2.58. The van der Waals surface area contributed by atoms with E-state index in [0.29, 0.717) is 5.69 Å². The van der Waals surface area contributed by atoms with E-state index < -0.39 is 11.7 Å². The van der Waals surface area contributed by atoms with Crippen molar-refractivity contribution in [3.63, 3.8) is 0 Å². The molecule has 0 fully saturated rings. The number of nitrogens with one attached hydrogen (secondary N) is 1. The highest BCUT2D eigenvalue weighted by Crippen LogP contribution is 2.25. The zero-order valence-corrected chi connectivity index (χ0v) is 16.1. The van der Waals surface area contributed by atoms with E-state index in [0.717, 1.165) is 35.1 Å². The van der Waals surface area contributed by atoms with E-state index in [1.807, 2.05) is 29.8 Å². The highest BCUT2D eigenvalue weighted by Gasteiger charge is 2.14. The summed E-state index contributed by atoms with van der Waals surface area (Å²) in [7, 11) is 1.92. The van der Waals surface area contributed by atoms with Crippen LogP contribution < -0.4 is 5.32 Å². The Morgan fingerprint density at radius 2 is 2.00 bits per heavy atom. The third-order valence-corrected chi connectivity index (χ3v) is 5.17. The summed E-state index contributed by atoms with van der Waals surface area (Å²) < 4.78 is 15.7. The van der Waals surface area contributed by atoms with Gasteiger partial charge >= 0.3 is 0 Å². The summed E-state index contributed by atoms with van der Waals surface area (Å²) >= 11 is 1.68. The second-order valence-electron chi connectivity index (χ2n) is 6.08. The lowest BCUT2D eigenvalue weighted by Crippen LogP contribution is -2.13. The average molecular weight is 384 g/mol. The third-order valence-electron chi connectivity index (χ3n) is 4.06. The van der Waals surface area contributed by atoms with Crippen molar-refractivity contribution in [1.29, 1.82) is 0 Å². The molecule has 3 rings (SSSR count). The summed E-state index contributed by atoms with van der Waals surface area (Å²) in [4.78, 5) is 12.3. The quantitative estimate of drug-likeness (QED) is 0.471. The van der Waals surface area contributed by atoms with E-state index >= 15 is 0 Å². The minimum absolute atomic E-state index is 0.0103.